The Balaban J connectivity index is 1.51. The number of anilines is 1. The van der Waals surface area contributed by atoms with E-state index in [1.54, 1.807) is 18.2 Å². The van der Waals surface area contributed by atoms with Crippen LogP contribution in [0.25, 0.3) is 0 Å². The van der Waals surface area contributed by atoms with E-state index in [-0.39, 0.29) is 30.6 Å². The van der Waals surface area contributed by atoms with Gasteiger partial charge in [0.1, 0.15) is 0 Å². The fraction of sp³-hybridized carbons (Fsp3) is 0.364. The first kappa shape index (κ1) is 21.7. The highest BCUT2D eigenvalue weighted by atomic mass is 19.4. The fourth-order valence-electron chi connectivity index (χ4n) is 3.34. The molecule has 0 aromatic heterocycles. The number of nitrogens with one attached hydrogen (secondary N) is 2. The summed E-state index contributed by atoms with van der Waals surface area (Å²) in [4.78, 5) is 26.5. The van der Waals surface area contributed by atoms with E-state index in [0.717, 1.165) is 50.0 Å². The van der Waals surface area contributed by atoms with Gasteiger partial charge in [-0.3, -0.25) is 9.59 Å². The number of likely N-dealkylation sites (tertiary alicyclic amines) is 1. The van der Waals surface area contributed by atoms with E-state index < -0.39 is 11.7 Å². The van der Waals surface area contributed by atoms with Gasteiger partial charge in [-0.15, -0.1) is 0 Å². The van der Waals surface area contributed by atoms with Gasteiger partial charge in [0.25, 0.3) is 5.91 Å². The molecule has 0 spiro atoms. The third-order valence-corrected chi connectivity index (χ3v) is 4.95. The Morgan fingerprint density at radius 3 is 2.43 bits per heavy atom. The monoisotopic (exact) mass is 419 g/mol. The molecule has 2 aromatic rings. The fourth-order valence-corrected chi connectivity index (χ4v) is 3.34. The second kappa shape index (κ2) is 9.65. The van der Waals surface area contributed by atoms with Gasteiger partial charge < -0.3 is 15.5 Å². The van der Waals surface area contributed by atoms with Crippen LogP contribution in [0.5, 0.6) is 0 Å². The number of piperidine rings is 1. The van der Waals surface area contributed by atoms with E-state index >= 15 is 0 Å². The van der Waals surface area contributed by atoms with Crippen LogP contribution in [-0.2, 0) is 17.5 Å². The van der Waals surface area contributed by atoms with Crippen LogP contribution in [-0.4, -0.2) is 36.3 Å². The number of carbonyl (C=O) groups excluding carboxylic acids is 2. The van der Waals surface area contributed by atoms with Crippen LogP contribution < -0.4 is 10.6 Å². The lowest BCUT2D eigenvalue weighted by Gasteiger charge is -2.26. The van der Waals surface area contributed by atoms with Crippen LogP contribution in [0.15, 0.2) is 48.5 Å². The zero-order chi connectivity index (χ0) is 21.6. The first-order chi connectivity index (χ1) is 14.3. The predicted molar refractivity (Wildman–Crippen MR) is 108 cm³/mol. The predicted octanol–water partition coefficient (Wildman–Crippen LogP) is 4.06. The number of amides is 2. The Bertz CT molecular complexity index is 893. The molecule has 0 bridgehead atoms. The molecule has 2 N–H and O–H groups in total. The Morgan fingerprint density at radius 2 is 1.70 bits per heavy atom. The topological polar surface area (TPSA) is 61.4 Å². The molecule has 1 saturated heterocycles. The number of hydrogen-bond acceptors (Lipinski definition) is 3. The molecule has 3 rings (SSSR count). The van der Waals surface area contributed by atoms with Crippen LogP contribution in [0.1, 0.15) is 40.7 Å². The Hall–Kier alpha value is -3.03. The number of rotatable bonds is 6. The van der Waals surface area contributed by atoms with E-state index in [1.807, 2.05) is 11.0 Å². The maximum absolute atomic E-state index is 12.7. The molecule has 1 heterocycles. The van der Waals surface area contributed by atoms with Gasteiger partial charge in [-0.2, -0.15) is 13.2 Å². The molecule has 0 unspecified atom stereocenters. The van der Waals surface area contributed by atoms with E-state index in [1.165, 1.54) is 12.1 Å². The quantitative estimate of drug-likeness (QED) is 0.742. The maximum atomic E-state index is 12.7. The molecule has 0 saturated carbocycles. The summed E-state index contributed by atoms with van der Waals surface area (Å²) in [6.45, 7) is 1.60. The highest BCUT2D eigenvalue weighted by molar-refractivity contribution is 5.94. The third-order valence-electron chi connectivity index (χ3n) is 4.95. The average Bonchev–Trinajstić information content (AvgIpc) is 2.76. The number of alkyl halides is 3. The highest BCUT2D eigenvalue weighted by Crippen LogP contribution is 2.30. The molecule has 2 amide bonds. The van der Waals surface area contributed by atoms with Crippen molar-refractivity contribution in [2.75, 3.05) is 25.0 Å². The van der Waals surface area contributed by atoms with Crippen molar-refractivity contribution in [3.05, 3.63) is 65.2 Å². The SMILES string of the molecule is O=C(CNc1cccc(C(F)(F)F)c1)NCc1cccc(C(=O)N2CCCCC2)c1. The van der Waals surface area contributed by atoms with Gasteiger partial charge in [-0.25, -0.2) is 0 Å². The second-order valence-corrected chi connectivity index (χ2v) is 7.26. The van der Waals surface area contributed by atoms with Crippen molar-refractivity contribution < 1.29 is 22.8 Å². The summed E-state index contributed by atoms with van der Waals surface area (Å²) < 4.78 is 38.2. The van der Waals surface area contributed by atoms with E-state index in [4.69, 9.17) is 0 Å². The smallest absolute Gasteiger partial charge is 0.376 e. The van der Waals surface area contributed by atoms with Gasteiger partial charge in [0.05, 0.1) is 12.1 Å². The average molecular weight is 419 g/mol. The molecule has 0 radical (unpaired) electrons. The molecule has 0 aliphatic carbocycles. The standard InChI is InChI=1S/C22H24F3N3O2/c23-22(24,25)18-8-5-9-19(13-18)26-15-20(29)27-14-16-6-4-7-17(12-16)21(30)28-10-2-1-3-11-28/h4-9,12-13,26H,1-3,10-11,14-15H2,(H,27,29). The van der Waals surface area contributed by atoms with Crippen molar-refractivity contribution in [2.24, 2.45) is 0 Å². The lowest BCUT2D eigenvalue weighted by atomic mass is 10.1. The lowest BCUT2D eigenvalue weighted by Crippen LogP contribution is -2.35. The molecule has 8 heteroatoms. The van der Waals surface area contributed by atoms with E-state index in [9.17, 15) is 22.8 Å². The summed E-state index contributed by atoms with van der Waals surface area (Å²) in [5.74, 6) is -0.366. The summed E-state index contributed by atoms with van der Waals surface area (Å²) in [5.41, 5.74) is 0.813. The van der Waals surface area contributed by atoms with Crippen LogP contribution in [0, 0.1) is 0 Å². The normalized spacial score (nSPS) is 14.3. The molecule has 2 aromatic carbocycles. The van der Waals surface area contributed by atoms with Crippen LogP contribution in [0.3, 0.4) is 0 Å². The van der Waals surface area contributed by atoms with Gasteiger partial charge in [0.15, 0.2) is 0 Å². The van der Waals surface area contributed by atoms with Crippen molar-refractivity contribution in [3.8, 4) is 0 Å². The number of hydrogen-bond donors (Lipinski definition) is 2. The minimum Gasteiger partial charge on any atom is -0.376 e. The summed E-state index contributed by atoms with van der Waals surface area (Å²) in [7, 11) is 0. The van der Waals surface area contributed by atoms with Crippen LogP contribution >= 0.6 is 0 Å². The molecule has 160 valence electrons. The minimum atomic E-state index is -4.43. The molecule has 0 atom stereocenters. The van der Waals surface area contributed by atoms with Crippen molar-refractivity contribution in [1.29, 1.82) is 0 Å². The summed E-state index contributed by atoms with van der Waals surface area (Å²) in [6.07, 6.45) is -1.26. The number of carbonyl (C=O) groups is 2. The van der Waals surface area contributed by atoms with Crippen LogP contribution in [0.4, 0.5) is 18.9 Å². The Morgan fingerprint density at radius 1 is 0.967 bits per heavy atom. The maximum Gasteiger partial charge on any atom is 0.416 e. The van der Waals surface area contributed by atoms with Crippen LogP contribution in [0.2, 0.25) is 0 Å². The Labute approximate surface area is 173 Å². The molecule has 1 aliphatic heterocycles. The van der Waals surface area contributed by atoms with Gasteiger partial charge in [-0.1, -0.05) is 18.2 Å². The first-order valence-corrected chi connectivity index (χ1v) is 9.89. The van der Waals surface area contributed by atoms with E-state index in [0.29, 0.717) is 5.56 Å². The third kappa shape index (κ3) is 5.98. The van der Waals surface area contributed by atoms with Gasteiger partial charge in [0, 0.05) is 30.9 Å². The summed E-state index contributed by atoms with van der Waals surface area (Å²) in [6, 6.07) is 11.8. The second-order valence-electron chi connectivity index (χ2n) is 7.26. The van der Waals surface area contributed by atoms with Crippen molar-refractivity contribution >= 4 is 17.5 Å². The molecular formula is C22H24F3N3O2. The minimum absolute atomic E-state index is 0.00547. The summed E-state index contributed by atoms with van der Waals surface area (Å²) in [5, 5.41) is 5.40. The number of benzene rings is 2. The highest BCUT2D eigenvalue weighted by Gasteiger charge is 2.30. The first-order valence-electron chi connectivity index (χ1n) is 9.89. The van der Waals surface area contributed by atoms with Crippen molar-refractivity contribution in [1.82, 2.24) is 10.2 Å². The van der Waals surface area contributed by atoms with Gasteiger partial charge >= 0.3 is 6.18 Å². The molecule has 1 fully saturated rings. The van der Waals surface area contributed by atoms with E-state index in [2.05, 4.69) is 10.6 Å². The van der Waals surface area contributed by atoms with Gasteiger partial charge in [-0.05, 0) is 55.2 Å². The molecule has 1 aliphatic rings. The summed E-state index contributed by atoms with van der Waals surface area (Å²) >= 11 is 0. The Kier molecular flexibility index (Phi) is 6.97. The number of nitrogens with zero attached hydrogens (tertiary/aromatic N) is 1. The number of halogens is 3. The largest absolute Gasteiger partial charge is 0.416 e. The van der Waals surface area contributed by atoms with Crippen molar-refractivity contribution in [3.63, 3.8) is 0 Å². The lowest BCUT2D eigenvalue weighted by molar-refractivity contribution is -0.137. The van der Waals surface area contributed by atoms with Crippen molar-refractivity contribution in [2.45, 2.75) is 32.0 Å². The molecule has 5 nitrogen and oxygen atoms in total. The zero-order valence-electron chi connectivity index (χ0n) is 16.5. The van der Waals surface area contributed by atoms with Gasteiger partial charge in [0.2, 0.25) is 5.91 Å². The molecular weight excluding hydrogens is 395 g/mol. The molecule has 30 heavy (non-hydrogen) atoms. The zero-order valence-corrected chi connectivity index (χ0v) is 16.5.